The summed E-state index contributed by atoms with van der Waals surface area (Å²) in [6.45, 7) is 0.267. The number of halogens is 1. The van der Waals surface area contributed by atoms with Crippen molar-refractivity contribution in [3.05, 3.63) is 77.5 Å². The van der Waals surface area contributed by atoms with Crippen molar-refractivity contribution < 1.29 is 17.9 Å². The Balaban J connectivity index is 1.50. The molecule has 0 fully saturated rings. The van der Waals surface area contributed by atoms with Gasteiger partial charge in [0, 0.05) is 28.0 Å². The molecule has 0 radical (unpaired) electrons. The number of hydrogen-bond donors (Lipinski definition) is 2. The average molecular weight is 605 g/mol. The summed E-state index contributed by atoms with van der Waals surface area (Å²) in [6.07, 6.45) is 8.09. The Morgan fingerprint density at radius 2 is 1.70 bits per heavy atom. The minimum Gasteiger partial charge on any atom is -0.473 e. The van der Waals surface area contributed by atoms with Crippen LogP contribution in [0, 0.1) is 0 Å². The van der Waals surface area contributed by atoms with E-state index in [0.717, 1.165) is 9.37 Å². The summed E-state index contributed by atoms with van der Waals surface area (Å²) in [6, 6.07) is 12.7. The molecule has 2 N–H and O–H groups in total. The molecular formula is C23H22BrN7O4S2. The molecule has 0 amide bonds. The molecule has 0 aliphatic heterocycles. The Bertz CT molecular complexity index is 1410. The van der Waals surface area contributed by atoms with Gasteiger partial charge in [-0.05, 0) is 36.1 Å². The van der Waals surface area contributed by atoms with Crippen LogP contribution in [0.2, 0.25) is 0 Å². The van der Waals surface area contributed by atoms with Gasteiger partial charge in [0.15, 0.2) is 5.82 Å². The van der Waals surface area contributed by atoms with Gasteiger partial charge >= 0.3 is 16.2 Å². The van der Waals surface area contributed by atoms with Crippen molar-refractivity contribution in [2.24, 2.45) is 0 Å². The third kappa shape index (κ3) is 7.82. The fourth-order valence-corrected chi connectivity index (χ4v) is 4.42. The van der Waals surface area contributed by atoms with Crippen molar-refractivity contribution in [3.8, 4) is 23.0 Å². The zero-order chi connectivity index (χ0) is 26.1. The molecule has 0 saturated carbocycles. The van der Waals surface area contributed by atoms with E-state index in [1.165, 1.54) is 18.1 Å². The zero-order valence-corrected chi connectivity index (χ0v) is 22.8. The first kappa shape index (κ1) is 26.7. The molecule has 11 nitrogen and oxygen atoms in total. The van der Waals surface area contributed by atoms with E-state index < -0.39 is 10.2 Å². The molecule has 0 aliphatic rings. The predicted octanol–water partition coefficient (Wildman–Crippen LogP) is 3.72. The Hall–Kier alpha value is -3.33. The normalized spacial score (nSPS) is 11.2. The maximum absolute atomic E-state index is 12.8. The summed E-state index contributed by atoms with van der Waals surface area (Å²) in [5.41, 5.74) is 1.59. The van der Waals surface area contributed by atoms with E-state index in [0.29, 0.717) is 16.8 Å². The highest BCUT2D eigenvalue weighted by Crippen LogP contribution is 2.35. The second-order valence-electron chi connectivity index (χ2n) is 7.26. The van der Waals surface area contributed by atoms with Crippen LogP contribution in [0.5, 0.6) is 11.9 Å². The molecule has 37 heavy (non-hydrogen) atoms. The molecule has 0 atom stereocenters. The molecular weight excluding hydrogens is 582 g/mol. The molecule has 0 saturated heterocycles. The molecule has 3 aromatic heterocycles. The van der Waals surface area contributed by atoms with Crippen LogP contribution in [0.25, 0.3) is 11.1 Å². The van der Waals surface area contributed by atoms with Crippen LogP contribution in [0.15, 0.2) is 76.8 Å². The molecule has 4 rings (SSSR count). The smallest absolute Gasteiger partial charge is 0.316 e. The molecule has 0 aliphatic carbocycles. The minimum atomic E-state index is -3.99. The second-order valence-corrected chi connectivity index (χ2v) is 10.6. The van der Waals surface area contributed by atoms with Crippen LogP contribution < -0.4 is 18.9 Å². The zero-order valence-electron chi connectivity index (χ0n) is 19.5. The van der Waals surface area contributed by atoms with Crippen LogP contribution in [0.4, 0.5) is 5.82 Å². The van der Waals surface area contributed by atoms with Crippen LogP contribution in [0.1, 0.15) is 5.69 Å². The number of rotatable bonds is 12. The van der Waals surface area contributed by atoms with Crippen molar-refractivity contribution in [2.45, 2.75) is 11.4 Å². The first-order valence-electron chi connectivity index (χ1n) is 10.8. The number of thioether (sulfide) groups is 1. The first-order valence-corrected chi connectivity index (χ1v) is 14.3. The lowest BCUT2D eigenvalue weighted by Crippen LogP contribution is -2.30. The average Bonchev–Trinajstić information content (AvgIpc) is 2.91. The Morgan fingerprint density at radius 1 is 0.946 bits per heavy atom. The molecule has 14 heteroatoms. The molecule has 4 aromatic rings. The maximum atomic E-state index is 12.8. The standard InChI is InChI=1S/C23H22BrN7O4S2/c1-36-19-13-26-23(27-14-19)35-11-10-34-22-20(16-5-7-17(24)8-6-16)21(28-15-29-22)31-37(32,33)30-12-18-4-2-3-9-25-18/h2-9,13-15,30H,10-12H2,1H3,(H,28,29,31). The Morgan fingerprint density at radius 3 is 2.41 bits per heavy atom. The van der Waals surface area contributed by atoms with Gasteiger partial charge in [-0.1, -0.05) is 34.1 Å². The Labute approximate surface area is 226 Å². The molecule has 0 unspecified atom stereocenters. The number of anilines is 1. The summed E-state index contributed by atoms with van der Waals surface area (Å²) in [7, 11) is -3.99. The summed E-state index contributed by atoms with van der Waals surface area (Å²) in [5.74, 6) is 0.236. The van der Waals surface area contributed by atoms with Crippen molar-refractivity contribution in [3.63, 3.8) is 0 Å². The summed E-state index contributed by atoms with van der Waals surface area (Å²) < 4.78 is 42.8. The largest absolute Gasteiger partial charge is 0.473 e. The summed E-state index contributed by atoms with van der Waals surface area (Å²) >= 11 is 4.94. The first-order chi connectivity index (χ1) is 17.9. The predicted molar refractivity (Wildman–Crippen MR) is 144 cm³/mol. The lowest BCUT2D eigenvalue weighted by molar-refractivity contribution is 0.201. The number of pyridine rings is 1. The number of aromatic nitrogens is 5. The topological polar surface area (TPSA) is 141 Å². The number of hydrogen-bond acceptors (Lipinski definition) is 10. The van der Waals surface area contributed by atoms with Crippen molar-refractivity contribution >= 4 is 43.7 Å². The molecule has 1 aromatic carbocycles. The van der Waals surface area contributed by atoms with Gasteiger partial charge in [-0.2, -0.15) is 13.1 Å². The van der Waals surface area contributed by atoms with Gasteiger partial charge in [-0.3, -0.25) is 9.71 Å². The van der Waals surface area contributed by atoms with Crippen molar-refractivity contribution in [1.82, 2.24) is 29.6 Å². The fraction of sp³-hybridized carbons (Fsp3) is 0.174. The van der Waals surface area contributed by atoms with Gasteiger partial charge in [0.05, 0.1) is 17.8 Å². The van der Waals surface area contributed by atoms with Gasteiger partial charge in [-0.25, -0.2) is 19.9 Å². The lowest BCUT2D eigenvalue weighted by atomic mass is 10.1. The maximum Gasteiger partial charge on any atom is 0.316 e. The highest BCUT2D eigenvalue weighted by Gasteiger charge is 2.20. The van der Waals surface area contributed by atoms with Gasteiger partial charge in [-0.15, -0.1) is 11.8 Å². The van der Waals surface area contributed by atoms with Gasteiger partial charge < -0.3 is 9.47 Å². The Kier molecular flexibility index (Phi) is 9.22. The summed E-state index contributed by atoms with van der Waals surface area (Å²) in [5, 5.41) is 0. The monoisotopic (exact) mass is 603 g/mol. The summed E-state index contributed by atoms with van der Waals surface area (Å²) in [4.78, 5) is 21.7. The minimum absolute atomic E-state index is 0.00949. The highest BCUT2D eigenvalue weighted by atomic mass is 79.9. The third-order valence-corrected chi connectivity index (χ3v) is 6.94. The SMILES string of the molecule is CSc1cnc(OCCOc2ncnc(NS(=O)(=O)NCc3ccccn3)c2-c2ccc(Br)cc2)nc1. The quantitative estimate of drug-likeness (QED) is 0.182. The molecule has 0 spiro atoms. The van der Waals surface area contributed by atoms with Crippen molar-refractivity contribution in [2.75, 3.05) is 24.2 Å². The van der Waals surface area contributed by atoms with E-state index >= 15 is 0 Å². The number of nitrogens with one attached hydrogen (secondary N) is 2. The molecule has 192 valence electrons. The van der Waals surface area contributed by atoms with E-state index in [4.69, 9.17) is 9.47 Å². The number of benzene rings is 1. The lowest BCUT2D eigenvalue weighted by Gasteiger charge is -2.16. The molecule has 0 bridgehead atoms. The third-order valence-electron chi connectivity index (χ3n) is 4.74. The van der Waals surface area contributed by atoms with Crippen LogP contribution in [-0.2, 0) is 16.8 Å². The van der Waals surface area contributed by atoms with E-state index in [-0.39, 0.29) is 37.5 Å². The van der Waals surface area contributed by atoms with E-state index in [1.54, 1.807) is 48.9 Å². The van der Waals surface area contributed by atoms with Crippen LogP contribution in [-0.4, -0.2) is 52.8 Å². The van der Waals surface area contributed by atoms with E-state index in [1.807, 2.05) is 18.4 Å². The molecule has 3 heterocycles. The van der Waals surface area contributed by atoms with Gasteiger partial charge in [0.2, 0.25) is 5.88 Å². The van der Waals surface area contributed by atoms with Crippen LogP contribution in [0.3, 0.4) is 0 Å². The van der Waals surface area contributed by atoms with E-state index in [9.17, 15) is 8.42 Å². The van der Waals surface area contributed by atoms with Crippen LogP contribution >= 0.6 is 27.7 Å². The fourth-order valence-electron chi connectivity index (χ4n) is 3.02. The number of nitrogens with zero attached hydrogens (tertiary/aromatic N) is 5. The van der Waals surface area contributed by atoms with Gasteiger partial charge in [0.25, 0.3) is 0 Å². The van der Waals surface area contributed by atoms with Crippen molar-refractivity contribution in [1.29, 1.82) is 0 Å². The second kappa shape index (κ2) is 12.8. The van der Waals surface area contributed by atoms with Gasteiger partial charge in [0.1, 0.15) is 19.5 Å². The van der Waals surface area contributed by atoms with E-state index in [2.05, 4.69) is 50.3 Å². The highest BCUT2D eigenvalue weighted by molar-refractivity contribution is 9.10. The number of ether oxygens (including phenoxy) is 2.